The highest BCUT2D eigenvalue weighted by Crippen LogP contribution is 2.27. The van der Waals surface area contributed by atoms with Crippen molar-refractivity contribution in [2.24, 2.45) is 0 Å². The smallest absolute Gasteiger partial charge is 0.307 e. The molecule has 3 heterocycles. The molecule has 8 heteroatoms. The number of ether oxygens (including phenoxy) is 1. The Morgan fingerprint density at radius 2 is 1.88 bits per heavy atom. The van der Waals surface area contributed by atoms with E-state index in [0.29, 0.717) is 30.3 Å². The number of carboxylic acids is 1. The fourth-order valence-electron chi connectivity index (χ4n) is 3.58. The van der Waals surface area contributed by atoms with Gasteiger partial charge in [-0.15, -0.1) is 11.3 Å². The Balaban J connectivity index is 1.23. The number of benzene rings is 2. The van der Waals surface area contributed by atoms with Crippen LogP contribution in [0.2, 0.25) is 0 Å². The number of hydrogen-bond acceptors (Lipinski definition) is 6. The molecule has 0 saturated heterocycles. The zero-order valence-electron chi connectivity index (χ0n) is 18.1. The van der Waals surface area contributed by atoms with Gasteiger partial charge < -0.3 is 14.3 Å². The molecular weight excluding hydrogens is 450 g/mol. The minimum atomic E-state index is -0.873. The summed E-state index contributed by atoms with van der Waals surface area (Å²) in [6.45, 7) is 0.833. The van der Waals surface area contributed by atoms with Crippen LogP contribution in [-0.4, -0.2) is 25.8 Å². The lowest BCUT2D eigenvalue weighted by atomic mass is 10.1. The minimum Gasteiger partial charge on any atom is -0.487 e. The van der Waals surface area contributed by atoms with E-state index in [1.165, 1.54) is 0 Å². The Morgan fingerprint density at radius 3 is 2.62 bits per heavy atom. The summed E-state index contributed by atoms with van der Waals surface area (Å²) in [5.74, 6) is 0.416. The fourth-order valence-corrected chi connectivity index (χ4v) is 4.32. The molecule has 0 bridgehead atoms. The molecule has 170 valence electrons. The maximum Gasteiger partial charge on any atom is 0.307 e. The largest absolute Gasteiger partial charge is 0.487 e. The van der Waals surface area contributed by atoms with Gasteiger partial charge in [0.25, 0.3) is 0 Å². The Bertz CT molecular complexity index is 1370. The van der Waals surface area contributed by atoms with E-state index < -0.39 is 5.97 Å². The second-order valence-electron chi connectivity index (χ2n) is 7.69. The molecule has 1 N–H and O–H groups in total. The van der Waals surface area contributed by atoms with E-state index in [2.05, 4.69) is 10.1 Å². The van der Waals surface area contributed by atoms with Gasteiger partial charge in [0.2, 0.25) is 5.89 Å². The van der Waals surface area contributed by atoms with Crippen LogP contribution in [0.1, 0.15) is 16.8 Å². The van der Waals surface area contributed by atoms with Crippen molar-refractivity contribution in [3.63, 3.8) is 0 Å². The molecule has 0 aliphatic carbocycles. The zero-order valence-corrected chi connectivity index (χ0v) is 18.9. The fraction of sp³-hybridized carbons (Fsp3) is 0.115. The molecule has 0 atom stereocenters. The SMILES string of the molecule is O=C(O)Cc1cn(Cc2ccc(OCc3coc(-c4ccccc4)n3)cc2)nc1-c1cccs1. The monoisotopic (exact) mass is 471 g/mol. The van der Waals surface area contributed by atoms with Crippen molar-refractivity contribution in [3.8, 4) is 27.8 Å². The van der Waals surface area contributed by atoms with Gasteiger partial charge >= 0.3 is 5.97 Å². The van der Waals surface area contributed by atoms with Crippen LogP contribution in [0.4, 0.5) is 0 Å². The van der Waals surface area contributed by atoms with Crippen LogP contribution in [0.3, 0.4) is 0 Å². The van der Waals surface area contributed by atoms with Crippen molar-refractivity contribution in [3.05, 3.63) is 101 Å². The van der Waals surface area contributed by atoms with Crippen molar-refractivity contribution in [2.75, 3.05) is 0 Å². The van der Waals surface area contributed by atoms with Crippen molar-refractivity contribution in [1.82, 2.24) is 14.8 Å². The normalized spacial score (nSPS) is 10.9. The summed E-state index contributed by atoms with van der Waals surface area (Å²) in [4.78, 5) is 16.7. The van der Waals surface area contributed by atoms with Crippen LogP contribution in [0, 0.1) is 0 Å². The first-order chi connectivity index (χ1) is 16.6. The van der Waals surface area contributed by atoms with Crippen molar-refractivity contribution >= 4 is 17.3 Å². The van der Waals surface area contributed by atoms with Crippen molar-refractivity contribution in [2.45, 2.75) is 19.6 Å². The molecule has 0 spiro atoms. The molecule has 0 saturated carbocycles. The van der Waals surface area contributed by atoms with Crippen LogP contribution in [-0.2, 0) is 24.4 Å². The number of rotatable bonds is 9. The maximum atomic E-state index is 11.3. The summed E-state index contributed by atoms with van der Waals surface area (Å²) in [5, 5.41) is 15.9. The first-order valence-electron chi connectivity index (χ1n) is 10.7. The highest BCUT2D eigenvalue weighted by molar-refractivity contribution is 7.13. The second kappa shape index (κ2) is 9.76. The number of nitrogens with zero attached hydrogens (tertiary/aromatic N) is 3. The molecule has 5 rings (SSSR count). The Morgan fingerprint density at radius 1 is 1.06 bits per heavy atom. The predicted octanol–water partition coefficient (Wildman–Crippen LogP) is 5.52. The lowest BCUT2D eigenvalue weighted by Crippen LogP contribution is -2.01. The Kier molecular flexibility index (Phi) is 6.22. The van der Waals surface area contributed by atoms with E-state index in [4.69, 9.17) is 9.15 Å². The van der Waals surface area contributed by atoms with E-state index in [1.54, 1.807) is 22.3 Å². The van der Waals surface area contributed by atoms with Crippen LogP contribution in [0.5, 0.6) is 5.75 Å². The number of thiophene rings is 1. The van der Waals surface area contributed by atoms with Gasteiger partial charge in [-0.05, 0) is 41.3 Å². The predicted molar refractivity (Wildman–Crippen MR) is 129 cm³/mol. The van der Waals surface area contributed by atoms with E-state index in [-0.39, 0.29) is 6.42 Å². The van der Waals surface area contributed by atoms with E-state index in [0.717, 1.165) is 27.4 Å². The lowest BCUT2D eigenvalue weighted by molar-refractivity contribution is -0.136. The molecule has 0 radical (unpaired) electrons. The number of carbonyl (C=O) groups is 1. The third kappa shape index (κ3) is 5.07. The quantitative estimate of drug-likeness (QED) is 0.304. The van der Waals surface area contributed by atoms with Gasteiger partial charge in [-0.3, -0.25) is 9.48 Å². The van der Waals surface area contributed by atoms with Gasteiger partial charge in [0, 0.05) is 17.3 Å². The molecule has 3 aromatic heterocycles. The lowest BCUT2D eigenvalue weighted by Gasteiger charge is -2.06. The number of carboxylic acid groups (broad SMARTS) is 1. The van der Waals surface area contributed by atoms with Gasteiger partial charge in [0.15, 0.2) is 0 Å². The zero-order chi connectivity index (χ0) is 23.3. The van der Waals surface area contributed by atoms with Gasteiger partial charge in [-0.2, -0.15) is 5.10 Å². The summed E-state index contributed by atoms with van der Waals surface area (Å²) < 4.78 is 13.2. The summed E-state index contributed by atoms with van der Waals surface area (Å²) >= 11 is 1.55. The third-order valence-electron chi connectivity index (χ3n) is 5.16. The molecule has 5 aromatic rings. The Labute approximate surface area is 199 Å². The van der Waals surface area contributed by atoms with Crippen LogP contribution < -0.4 is 4.74 Å². The highest BCUT2D eigenvalue weighted by Gasteiger charge is 2.15. The molecule has 0 fully saturated rings. The molecule has 0 amide bonds. The highest BCUT2D eigenvalue weighted by atomic mass is 32.1. The Hall–Kier alpha value is -4.17. The molecule has 0 unspecified atom stereocenters. The number of aliphatic carboxylic acids is 1. The summed E-state index contributed by atoms with van der Waals surface area (Å²) in [5.41, 5.74) is 4.09. The average Bonchev–Trinajstić information content (AvgIpc) is 3.60. The van der Waals surface area contributed by atoms with Crippen LogP contribution in [0.15, 0.2) is 89.0 Å². The first-order valence-corrected chi connectivity index (χ1v) is 11.6. The van der Waals surface area contributed by atoms with E-state index >= 15 is 0 Å². The summed E-state index contributed by atoms with van der Waals surface area (Å²) in [7, 11) is 0. The first kappa shape index (κ1) is 21.7. The standard InChI is InChI=1S/C26H21N3O4S/c30-24(31)13-20-15-29(28-25(20)23-7-4-12-34-23)14-18-8-10-22(11-9-18)32-16-21-17-33-26(27-21)19-5-2-1-3-6-19/h1-12,15,17H,13-14,16H2,(H,30,31). The minimum absolute atomic E-state index is 0.0615. The topological polar surface area (TPSA) is 90.4 Å². The molecular formula is C26H21N3O4S. The van der Waals surface area contributed by atoms with Crippen molar-refractivity contribution < 1.29 is 19.1 Å². The molecule has 7 nitrogen and oxygen atoms in total. The summed E-state index contributed by atoms with van der Waals surface area (Å²) in [6, 6.07) is 21.3. The number of aromatic nitrogens is 3. The van der Waals surface area contributed by atoms with Gasteiger partial charge in [0.05, 0.1) is 17.8 Å². The molecule has 34 heavy (non-hydrogen) atoms. The maximum absolute atomic E-state index is 11.3. The van der Waals surface area contributed by atoms with Crippen LogP contribution in [0.25, 0.3) is 22.0 Å². The van der Waals surface area contributed by atoms with Crippen LogP contribution >= 0.6 is 11.3 Å². The average molecular weight is 472 g/mol. The van der Waals surface area contributed by atoms with E-state index in [9.17, 15) is 9.90 Å². The van der Waals surface area contributed by atoms with Gasteiger partial charge in [0.1, 0.15) is 30.0 Å². The van der Waals surface area contributed by atoms with Crippen molar-refractivity contribution in [1.29, 1.82) is 0 Å². The molecule has 2 aromatic carbocycles. The number of hydrogen-bond donors (Lipinski definition) is 1. The summed E-state index contributed by atoms with van der Waals surface area (Å²) in [6.07, 6.45) is 3.35. The number of oxazole rings is 1. The van der Waals surface area contributed by atoms with E-state index in [1.807, 2.05) is 78.3 Å². The van der Waals surface area contributed by atoms with Gasteiger partial charge in [-0.1, -0.05) is 36.4 Å². The van der Waals surface area contributed by atoms with Gasteiger partial charge in [-0.25, -0.2) is 4.98 Å². The third-order valence-corrected chi connectivity index (χ3v) is 6.04. The molecule has 0 aliphatic rings. The molecule has 0 aliphatic heterocycles. The second-order valence-corrected chi connectivity index (χ2v) is 8.64.